The Hall–Kier alpha value is -1.02. The number of hydrogen-bond acceptors (Lipinski definition) is 4. The molecular formula is C7H5ClF3NO3S. The van der Waals surface area contributed by atoms with Gasteiger partial charge in [-0.1, -0.05) is 0 Å². The number of rotatable bonds is 3. The van der Waals surface area contributed by atoms with E-state index in [1.54, 1.807) is 0 Å². The van der Waals surface area contributed by atoms with E-state index in [2.05, 4.69) is 9.72 Å². The van der Waals surface area contributed by atoms with Crippen LogP contribution in [-0.4, -0.2) is 20.5 Å². The van der Waals surface area contributed by atoms with E-state index in [0.29, 0.717) is 6.20 Å². The van der Waals surface area contributed by atoms with Crippen LogP contribution in [0.3, 0.4) is 0 Å². The third-order valence-corrected chi connectivity index (χ3v) is 2.96. The van der Waals surface area contributed by atoms with Gasteiger partial charge in [-0.2, -0.15) is 0 Å². The summed E-state index contributed by atoms with van der Waals surface area (Å²) in [6.07, 6.45) is -2.76. The van der Waals surface area contributed by atoms with Crippen molar-refractivity contribution >= 4 is 19.7 Å². The van der Waals surface area contributed by atoms with Crippen molar-refractivity contribution in [2.45, 2.75) is 11.3 Å². The van der Waals surface area contributed by atoms with Crippen molar-refractivity contribution in [1.82, 2.24) is 4.98 Å². The average Bonchev–Trinajstić information content (AvgIpc) is 2.14. The minimum Gasteiger partial charge on any atom is -0.493 e. The third-order valence-electron chi connectivity index (χ3n) is 1.63. The fourth-order valence-electron chi connectivity index (χ4n) is 1.05. The van der Waals surface area contributed by atoms with Crippen molar-refractivity contribution in [3.63, 3.8) is 0 Å². The predicted octanol–water partition coefficient (Wildman–Crippen LogP) is 2.09. The van der Waals surface area contributed by atoms with Gasteiger partial charge in [0.25, 0.3) is 15.5 Å². The van der Waals surface area contributed by atoms with Crippen LogP contribution in [0.25, 0.3) is 0 Å². The van der Waals surface area contributed by atoms with Gasteiger partial charge < -0.3 is 4.74 Å². The molecule has 90 valence electrons. The standard InChI is InChI=1S/C7H5ClF3NO3S/c1-15-5-4(7(10)11)12-2-3(9)6(5)16(8,13)14/h2,7H,1H3. The molecule has 0 bridgehead atoms. The number of methoxy groups -OCH3 is 1. The van der Waals surface area contributed by atoms with Gasteiger partial charge in [-0.15, -0.1) is 0 Å². The van der Waals surface area contributed by atoms with E-state index in [9.17, 15) is 21.6 Å². The lowest BCUT2D eigenvalue weighted by Gasteiger charge is -2.10. The SMILES string of the molecule is COc1c(C(F)F)ncc(F)c1S(=O)(=O)Cl. The highest BCUT2D eigenvalue weighted by molar-refractivity contribution is 8.13. The lowest BCUT2D eigenvalue weighted by Crippen LogP contribution is -2.06. The lowest BCUT2D eigenvalue weighted by molar-refractivity contribution is 0.140. The molecule has 0 amide bonds. The maximum atomic E-state index is 13.1. The van der Waals surface area contributed by atoms with Gasteiger partial charge in [0, 0.05) is 10.7 Å². The monoisotopic (exact) mass is 275 g/mol. The Kier molecular flexibility index (Phi) is 3.64. The van der Waals surface area contributed by atoms with Crippen molar-refractivity contribution in [2.24, 2.45) is 0 Å². The summed E-state index contributed by atoms with van der Waals surface area (Å²) < 4.78 is 64.3. The first-order valence-corrected chi connectivity index (χ1v) is 6.05. The molecule has 16 heavy (non-hydrogen) atoms. The number of alkyl halides is 2. The van der Waals surface area contributed by atoms with Gasteiger partial charge >= 0.3 is 0 Å². The third kappa shape index (κ3) is 2.38. The van der Waals surface area contributed by atoms with E-state index in [0.717, 1.165) is 7.11 Å². The Labute approximate surface area is 93.4 Å². The van der Waals surface area contributed by atoms with Gasteiger partial charge in [-0.3, -0.25) is 0 Å². The molecule has 9 heteroatoms. The number of aromatic nitrogens is 1. The van der Waals surface area contributed by atoms with Crippen LogP contribution in [0.15, 0.2) is 11.1 Å². The molecule has 0 atom stereocenters. The summed E-state index contributed by atoms with van der Waals surface area (Å²) in [6, 6.07) is 0. The van der Waals surface area contributed by atoms with Gasteiger partial charge in [0.2, 0.25) is 0 Å². The van der Waals surface area contributed by atoms with E-state index < -0.39 is 37.6 Å². The summed E-state index contributed by atoms with van der Waals surface area (Å²) in [4.78, 5) is 1.91. The summed E-state index contributed by atoms with van der Waals surface area (Å²) >= 11 is 0. The second-order valence-electron chi connectivity index (χ2n) is 2.59. The molecule has 0 aromatic carbocycles. The summed E-state index contributed by atoms with van der Waals surface area (Å²) in [6.45, 7) is 0. The Morgan fingerprint density at radius 1 is 1.50 bits per heavy atom. The van der Waals surface area contributed by atoms with Gasteiger partial charge in [-0.25, -0.2) is 26.6 Å². The minimum atomic E-state index is -4.53. The molecule has 0 saturated carbocycles. The highest BCUT2D eigenvalue weighted by atomic mass is 35.7. The highest BCUT2D eigenvalue weighted by Gasteiger charge is 2.29. The van der Waals surface area contributed by atoms with Crippen LogP contribution >= 0.6 is 10.7 Å². The molecule has 1 heterocycles. The molecule has 0 aliphatic carbocycles. The fraction of sp³-hybridized carbons (Fsp3) is 0.286. The molecule has 0 spiro atoms. The van der Waals surface area contributed by atoms with Crippen molar-refractivity contribution in [2.75, 3.05) is 7.11 Å². The molecule has 4 nitrogen and oxygen atoms in total. The molecule has 0 fully saturated rings. The van der Waals surface area contributed by atoms with Crippen LogP contribution in [-0.2, 0) is 9.05 Å². The van der Waals surface area contributed by atoms with Crippen molar-refractivity contribution in [3.05, 3.63) is 17.7 Å². The summed E-state index contributed by atoms with van der Waals surface area (Å²) in [7, 11) is 1.28. The van der Waals surface area contributed by atoms with Crippen molar-refractivity contribution in [1.29, 1.82) is 0 Å². The molecular weight excluding hydrogens is 271 g/mol. The zero-order valence-electron chi connectivity index (χ0n) is 7.75. The smallest absolute Gasteiger partial charge is 0.284 e. The molecule has 0 saturated heterocycles. The number of halogens is 4. The zero-order chi connectivity index (χ0) is 12.5. The van der Waals surface area contributed by atoms with E-state index in [-0.39, 0.29) is 0 Å². The van der Waals surface area contributed by atoms with Gasteiger partial charge in [0.05, 0.1) is 13.3 Å². The Morgan fingerprint density at radius 3 is 2.44 bits per heavy atom. The lowest BCUT2D eigenvalue weighted by atomic mass is 10.3. The number of pyridine rings is 1. The molecule has 1 rings (SSSR count). The normalized spacial score (nSPS) is 11.9. The van der Waals surface area contributed by atoms with Crippen molar-refractivity contribution < 1.29 is 26.3 Å². The van der Waals surface area contributed by atoms with Crippen molar-refractivity contribution in [3.8, 4) is 5.75 Å². The minimum absolute atomic E-state index is 0.347. The quantitative estimate of drug-likeness (QED) is 0.793. The predicted molar refractivity (Wildman–Crippen MR) is 48.7 cm³/mol. The van der Waals surface area contributed by atoms with E-state index in [4.69, 9.17) is 10.7 Å². The second kappa shape index (κ2) is 4.46. The van der Waals surface area contributed by atoms with Crippen LogP contribution in [0.2, 0.25) is 0 Å². The molecule has 0 aliphatic heterocycles. The first-order chi connectivity index (χ1) is 7.29. The van der Waals surface area contributed by atoms with Crippen LogP contribution in [0.5, 0.6) is 5.75 Å². The Bertz CT molecular complexity index is 506. The molecule has 1 aromatic rings. The van der Waals surface area contributed by atoms with Gasteiger partial charge in [0.1, 0.15) is 5.69 Å². The number of ether oxygens (including phenoxy) is 1. The number of hydrogen-bond donors (Lipinski definition) is 0. The molecule has 0 aliphatic rings. The Morgan fingerprint density at radius 2 is 2.06 bits per heavy atom. The van der Waals surface area contributed by atoms with Gasteiger partial charge in [0.15, 0.2) is 16.5 Å². The molecule has 0 unspecified atom stereocenters. The highest BCUT2D eigenvalue weighted by Crippen LogP contribution is 2.35. The number of nitrogens with zero attached hydrogens (tertiary/aromatic N) is 1. The largest absolute Gasteiger partial charge is 0.493 e. The summed E-state index contributed by atoms with van der Waals surface area (Å²) in [5.74, 6) is -2.23. The van der Waals surface area contributed by atoms with E-state index in [1.165, 1.54) is 0 Å². The molecule has 0 radical (unpaired) electrons. The maximum Gasteiger partial charge on any atom is 0.284 e. The zero-order valence-corrected chi connectivity index (χ0v) is 9.32. The van der Waals surface area contributed by atoms with Crippen LogP contribution in [0.1, 0.15) is 12.1 Å². The molecule has 1 aromatic heterocycles. The summed E-state index contributed by atoms with van der Waals surface area (Å²) in [5.41, 5.74) is -0.983. The van der Waals surface area contributed by atoms with Crippen LogP contribution in [0.4, 0.5) is 13.2 Å². The average molecular weight is 276 g/mol. The maximum absolute atomic E-state index is 13.1. The second-order valence-corrected chi connectivity index (χ2v) is 5.10. The Balaban J connectivity index is 3.64. The first-order valence-electron chi connectivity index (χ1n) is 3.74. The summed E-state index contributed by atoms with van der Waals surface area (Å²) in [5, 5.41) is 0. The fourth-order valence-corrected chi connectivity index (χ4v) is 2.17. The van der Waals surface area contributed by atoms with Crippen LogP contribution in [0, 0.1) is 5.82 Å². The van der Waals surface area contributed by atoms with E-state index >= 15 is 0 Å². The first kappa shape index (κ1) is 13.0. The van der Waals surface area contributed by atoms with E-state index in [1.807, 2.05) is 0 Å². The van der Waals surface area contributed by atoms with Crippen LogP contribution < -0.4 is 4.74 Å². The molecule has 0 N–H and O–H groups in total. The topological polar surface area (TPSA) is 56.3 Å². The van der Waals surface area contributed by atoms with Gasteiger partial charge in [-0.05, 0) is 0 Å².